The lowest BCUT2D eigenvalue weighted by atomic mass is 10.2. The van der Waals surface area contributed by atoms with E-state index in [4.69, 9.17) is 16.3 Å². The summed E-state index contributed by atoms with van der Waals surface area (Å²) in [6.45, 7) is 3.83. The summed E-state index contributed by atoms with van der Waals surface area (Å²) in [6, 6.07) is 6.12. The molecule has 4 heteroatoms. The average Bonchev–Trinajstić information content (AvgIpc) is 2.70. The van der Waals surface area contributed by atoms with Crippen molar-refractivity contribution in [1.82, 2.24) is 5.32 Å². The molecule has 0 saturated carbocycles. The Morgan fingerprint density at radius 1 is 1.53 bits per heavy atom. The largest absolute Gasteiger partial charge is 0.377 e. The number of benzene rings is 1. The van der Waals surface area contributed by atoms with Crippen molar-refractivity contribution >= 4 is 23.4 Å². The number of nitrogens with one attached hydrogen (secondary N) is 1. The van der Waals surface area contributed by atoms with Gasteiger partial charge < -0.3 is 10.1 Å². The van der Waals surface area contributed by atoms with Gasteiger partial charge in [-0.15, -0.1) is 11.8 Å². The number of ether oxygens (including phenoxy) is 1. The third-order valence-electron chi connectivity index (χ3n) is 3.01. The maximum absolute atomic E-state index is 6.25. The number of rotatable bonds is 4. The molecule has 0 aliphatic carbocycles. The Labute approximate surface area is 112 Å². The van der Waals surface area contributed by atoms with E-state index in [-0.39, 0.29) is 0 Å². The van der Waals surface area contributed by atoms with Crippen LogP contribution in [-0.4, -0.2) is 25.0 Å². The second kappa shape index (κ2) is 6.10. The molecule has 0 amide bonds. The lowest BCUT2D eigenvalue weighted by molar-refractivity contribution is 0.127. The van der Waals surface area contributed by atoms with Crippen LogP contribution in [0.2, 0.25) is 5.02 Å². The van der Waals surface area contributed by atoms with Gasteiger partial charge in [0, 0.05) is 28.3 Å². The molecule has 1 fully saturated rings. The molecule has 2 rings (SSSR count). The highest BCUT2D eigenvalue weighted by atomic mass is 35.5. The van der Waals surface area contributed by atoms with E-state index < -0.39 is 0 Å². The van der Waals surface area contributed by atoms with Gasteiger partial charge in [0.15, 0.2) is 0 Å². The molecule has 94 valence electrons. The molecule has 1 aromatic carbocycles. The first-order valence-corrected chi connectivity index (χ1v) is 7.18. The zero-order valence-electron chi connectivity index (χ0n) is 10.2. The van der Waals surface area contributed by atoms with Gasteiger partial charge in [-0.25, -0.2) is 0 Å². The van der Waals surface area contributed by atoms with Gasteiger partial charge in [0.1, 0.15) is 0 Å². The van der Waals surface area contributed by atoms with Crippen molar-refractivity contribution < 1.29 is 4.74 Å². The summed E-state index contributed by atoms with van der Waals surface area (Å²) < 4.78 is 5.60. The van der Waals surface area contributed by atoms with Crippen LogP contribution in [0.1, 0.15) is 18.9 Å². The van der Waals surface area contributed by atoms with Gasteiger partial charge in [-0.05, 0) is 38.1 Å². The minimum Gasteiger partial charge on any atom is -0.377 e. The Kier molecular flexibility index (Phi) is 4.74. The molecule has 2 unspecified atom stereocenters. The van der Waals surface area contributed by atoms with Crippen molar-refractivity contribution in [2.45, 2.75) is 36.1 Å². The molecule has 1 saturated heterocycles. The summed E-state index contributed by atoms with van der Waals surface area (Å²) in [6.07, 6.45) is 1.46. The fourth-order valence-corrected chi connectivity index (χ4v) is 3.62. The molecule has 0 aromatic heterocycles. The van der Waals surface area contributed by atoms with Crippen LogP contribution in [0.5, 0.6) is 0 Å². The van der Waals surface area contributed by atoms with E-state index in [9.17, 15) is 0 Å². The van der Waals surface area contributed by atoms with Crippen molar-refractivity contribution in [3.05, 3.63) is 28.8 Å². The third kappa shape index (κ3) is 3.16. The predicted octanol–water partition coefficient (Wildman–Crippen LogP) is 3.33. The number of hydrogen-bond donors (Lipinski definition) is 1. The lowest BCUT2D eigenvalue weighted by Gasteiger charge is -2.17. The highest BCUT2D eigenvalue weighted by Crippen LogP contribution is 2.36. The van der Waals surface area contributed by atoms with Crippen molar-refractivity contribution in [2.75, 3.05) is 13.7 Å². The van der Waals surface area contributed by atoms with Gasteiger partial charge in [-0.2, -0.15) is 0 Å². The first kappa shape index (κ1) is 13.2. The molecule has 0 bridgehead atoms. The molecular weight excluding hydrogens is 254 g/mol. The fourth-order valence-electron chi connectivity index (χ4n) is 2.03. The van der Waals surface area contributed by atoms with E-state index in [0.29, 0.717) is 11.4 Å². The molecule has 2 nitrogen and oxygen atoms in total. The molecule has 0 spiro atoms. The summed E-state index contributed by atoms with van der Waals surface area (Å²) >= 11 is 8.14. The first-order valence-electron chi connectivity index (χ1n) is 5.92. The third-order valence-corrected chi connectivity index (χ3v) is 4.93. The van der Waals surface area contributed by atoms with Crippen molar-refractivity contribution in [3.8, 4) is 0 Å². The molecule has 1 aromatic rings. The Morgan fingerprint density at radius 3 is 3.00 bits per heavy atom. The Balaban J connectivity index is 2.16. The van der Waals surface area contributed by atoms with Gasteiger partial charge in [0.2, 0.25) is 0 Å². The quantitative estimate of drug-likeness (QED) is 0.908. The second-order valence-corrected chi connectivity index (χ2v) is 5.96. The molecule has 2 atom stereocenters. The van der Waals surface area contributed by atoms with Gasteiger partial charge in [0.25, 0.3) is 0 Å². The van der Waals surface area contributed by atoms with Crippen molar-refractivity contribution in [1.29, 1.82) is 0 Å². The number of hydrogen-bond acceptors (Lipinski definition) is 3. The standard InChI is InChI=1S/C13H18ClNOS/c1-9-12(6-7-16-9)17-13-5-3-4-11(14)10(13)8-15-2/h3-5,9,12,15H,6-8H2,1-2H3. The van der Waals surface area contributed by atoms with E-state index in [1.807, 2.05) is 30.9 Å². The zero-order chi connectivity index (χ0) is 12.3. The summed E-state index contributed by atoms with van der Waals surface area (Å²) in [5, 5.41) is 4.56. The van der Waals surface area contributed by atoms with Crippen molar-refractivity contribution in [3.63, 3.8) is 0 Å². The number of thioether (sulfide) groups is 1. The first-order chi connectivity index (χ1) is 8.22. The van der Waals surface area contributed by atoms with Crippen LogP contribution in [-0.2, 0) is 11.3 Å². The lowest BCUT2D eigenvalue weighted by Crippen LogP contribution is -2.14. The fraction of sp³-hybridized carbons (Fsp3) is 0.538. The van der Waals surface area contributed by atoms with Crippen LogP contribution in [0.3, 0.4) is 0 Å². The zero-order valence-corrected chi connectivity index (χ0v) is 11.8. The summed E-state index contributed by atoms with van der Waals surface area (Å²) in [7, 11) is 1.94. The van der Waals surface area contributed by atoms with Crippen LogP contribution in [0.15, 0.2) is 23.1 Å². The van der Waals surface area contributed by atoms with E-state index in [2.05, 4.69) is 18.3 Å². The van der Waals surface area contributed by atoms with Gasteiger partial charge in [-0.1, -0.05) is 17.7 Å². The van der Waals surface area contributed by atoms with E-state index >= 15 is 0 Å². The van der Waals surface area contributed by atoms with Crippen LogP contribution >= 0.6 is 23.4 Å². The highest BCUT2D eigenvalue weighted by Gasteiger charge is 2.26. The van der Waals surface area contributed by atoms with Crippen LogP contribution < -0.4 is 5.32 Å². The highest BCUT2D eigenvalue weighted by molar-refractivity contribution is 8.00. The van der Waals surface area contributed by atoms with Crippen LogP contribution in [0, 0.1) is 0 Å². The van der Waals surface area contributed by atoms with E-state index in [1.54, 1.807) is 0 Å². The molecule has 1 N–H and O–H groups in total. The summed E-state index contributed by atoms with van der Waals surface area (Å²) in [4.78, 5) is 1.27. The maximum Gasteiger partial charge on any atom is 0.0669 e. The number of halogens is 1. The molecule has 1 heterocycles. The van der Waals surface area contributed by atoms with Gasteiger partial charge >= 0.3 is 0 Å². The summed E-state index contributed by atoms with van der Waals surface area (Å²) in [5.41, 5.74) is 1.20. The average molecular weight is 272 g/mol. The van der Waals surface area contributed by atoms with Crippen molar-refractivity contribution in [2.24, 2.45) is 0 Å². The normalized spacial score (nSPS) is 24.2. The second-order valence-electron chi connectivity index (χ2n) is 4.27. The molecule has 0 radical (unpaired) electrons. The predicted molar refractivity (Wildman–Crippen MR) is 73.9 cm³/mol. The topological polar surface area (TPSA) is 21.3 Å². The molecule has 17 heavy (non-hydrogen) atoms. The Morgan fingerprint density at radius 2 is 2.35 bits per heavy atom. The van der Waals surface area contributed by atoms with E-state index in [1.165, 1.54) is 10.5 Å². The minimum atomic E-state index is 0.335. The smallest absolute Gasteiger partial charge is 0.0669 e. The minimum absolute atomic E-state index is 0.335. The van der Waals surface area contributed by atoms with Gasteiger partial charge in [-0.3, -0.25) is 0 Å². The van der Waals surface area contributed by atoms with Gasteiger partial charge in [0.05, 0.1) is 6.10 Å². The molecule has 1 aliphatic rings. The SMILES string of the molecule is CNCc1c(Cl)cccc1SC1CCOC1C. The van der Waals surface area contributed by atoms with Crippen LogP contribution in [0.4, 0.5) is 0 Å². The maximum atomic E-state index is 6.25. The van der Waals surface area contributed by atoms with E-state index in [0.717, 1.165) is 24.6 Å². The van der Waals surface area contributed by atoms with Crippen LogP contribution in [0.25, 0.3) is 0 Å². The monoisotopic (exact) mass is 271 g/mol. The Hall–Kier alpha value is -0.220. The summed E-state index contributed by atoms with van der Waals surface area (Å²) in [5.74, 6) is 0. The Bertz CT molecular complexity index is 386. The molecular formula is C13H18ClNOS. The molecule has 1 aliphatic heterocycles.